The lowest BCUT2D eigenvalue weighted by molar-refractivity contribution is 0.337. The minimum atomic E-state index is -0.0592. The summed E-state index contributed by atoms with van der Waals surface area (Å²) in [5, 5.41) is 3.67. The standard InChI is InChI=1S/C28H58ClN/c1-7-8-9-10-14-17-21-26(28(5,6)29)22-20-25-30-24-19-16-13-11-12-15-18-23-27(2,3)4/h26,30H,7-25H2,1-6H3. The maximum Gasteiger partial charge on any atom is 0.0418 e. The van der Waals surface area contributed by atoms with Gasteiger partial charge < -0.3 is 5.32 Å². The van der Waals surface area contributed by atoms with Crippen molar-refractivity contribution in [2.24, 2.45) is 11.3 Å². The Morgan fingerprint density at radius 3 is 1.63 bits per heavy atom. The van der Waals surface area contributed by atoms with E-state index in [4.69, 9.17) is 11.6 Å². The largest absolute Gasteiger partial charge is 0.317 e. The molecule has 0 aliphatic rings. The van der Waals surface area contributed by atoms with Gasteiger partial charge in [0.25, 0.3) is 0 Å². The van der Waals surface area contributed by atoms with Gasteiger partial charge in [0.05, 0.1) is 0 Å². The Labute approximate surface area is 196 Å². The molecular weight excluding hydrogens is 386 g/mol. The summed E-state index contributed by atoms with van der Waals surface area (Å²) >= 11 is 6.71. The molecule has 0 radical (unpaired) electrons. The number of halogens is 1. The van der Waals surface area contributed by atoms with Gasteiger partial charge in [-0.25, -0.2) is 0 Å². The smallest absolute Gasteiger partial charge is 0.0418 e. The van der Waals surface area contributed by atoms with Crippen molar-refractivity contribution < 1.29 is 0 Å². The van der Waals surface area contributed by atoms with Crippen LogP contribution in [-0.2, 0) is 0 Å². The zero-order valence-corrected chi connectivity index (χ0v) is 22.6. The van der Waals surface area contributed by atoms with Crippen LogP contribution in [0.2, 0.25) is 0 Å². The van der Waals surface area contributed by atoms with Crippen LogP contribution >= 0.6 is 11.6 Å². The van der Waals surface area contributed by atoms with Gasteiger partial charge in [0.1, 0.15) is 0 Å². The number of nitrogens with one attached hydrogen (secondary N) is 1. The van der Waals surface area contributed by atoms with Crippen molar-refractivity contribution in [3.05, 3.63) is 0 Å². The number of unbranched alkanes of at least 4 members (excludes halogenated alkanes) is 11. The molecule has 0 aromatic rings. The van der Waals surface area contributed by atoms with Crippen LogP contribution in [0.15, 0.2) is 0 Å². The molecule has 0 bridgehead atoms. The van der Waals surface area contributed by atoms with Gasteiger partial charge in [0.15, 0.2) is 0 Å². The fourth-order valence-corrected chi connectivity index (χ4v) is 4.61. The molecule has 0 aliphatic heterocycles. The van der Waals surface area contributed by atoms with Crippen LogP contribution < -0.4 is 5.32 Å². The number of alkyl halides is 1. The molecule has 0 spiro atoms. The quantitative estimate of drug-likeness (QED) is 0.137. The van der Waals surface area contributed by atoms with E-state index >= 15 is 0 Å². The van der Waals surface area contributed by atoms with E-state index in [9.17, 15) is 0 Å². The Morgan fingerprint density at radius 2 is 1.07 bits per heavy atom. The first-order valence-corrected chi connectivity index (χ1v) is 13.9. The highest BCUT2D eigenvalue weighted by atomic mass is 35.5. The first-order valence-electron chi connectivity index (χ1n) is 13.6. The fourth-order valence-electron chi connectivity index (χ4n) is 4.39. The fraction of sp³-hybridized carbons (Fsp3) is 1.00. The normalized spacial score (nSPS) is 13.7. The SMILES string of the molecule is CCCCCCCCC(CCCNCCCCCCCCCC(C)(C)C)C(C)(C)Cl. The second kappa shape index (κ2) is 18.8. The van der Waals surface area contributed by atoms with Gasteiger partial charge in [-0.3, -0.25) is 0 Å². The monoisotopic (exact) mass is 443 g/mol. The minimum Gasteiger partial charge on any atom is -0.317 e. The van der Waals surface area contributed by atoms with Crippen LogP contribution in [0.3, 0.4) is 0 Å². The van der Waals surface area contributed by atoms with Crippen molar-refractivity contribution in [3.8, 4) is 0 Å². The predicted octanol–water partition coefficient (Wildman–Crippen LogP) is 9.91. The Kier molecular flexibility index (Phi) is 18.9. The highest BCUT2D eigenvalue weighted by Gasteiger charge is 2.25. The highest BCUT2D eigenvalue weighted by molar-refractivity contribution is 6.23. The molecule has 0 heterocycles. The van der Waals surface area contributed by atoms with Gasteiger partial charge in [-0.1, -0.05) is 105 Å². The van der Waals surface area contributed by atoms with E-state index in [1.54, 1.807) is 0 Å². The summed E-state index contributed by atoms with van der Waals surface area (Å²) in [5.74, 6) is 0.658. The first kappa shape index (κ1) is 30.2. The van der Waals surface area contributed by atoms with Crippen molar-refractivity contribution in [1.82, 2.24) is 5.32 Å². The molecule has 0 saturated heterocycles. The number of hydrogen-bond donors (Lipinski definition) is 1. The molecular formula is C28H58ClN. The van der Waals surface area contributed by atoms with Crippen LogP contribution in [0.1, 0.15) is 151 Å². The Hall–Kier alpha value is 0.250. The molecule has 1 unspecified atom stereocenters. The van der Waals surface area contributed by atoms with E-state index in [1.165, 1.54) is 116 Å². The number of rotatable bonds is 21. The van der Waals surface area contributed by atoms with Crippen molar-refractivity contribution in [2.45, 2.75) is 156 Å². The van der Waals surface area contributed by atoms with Gasteiger partial charge in [0.2, 0.25) is 0 Å². The predicted molar refractivity (Wildman–Crippen MR) is 140 cm³/mol. The lowest BCUT2D eigenvalue weighted by Crippen LogP contribution is -2.26. The Balaban J connectivity index is 3.55. The summed E-state index contributed by atoms with van der Waals surface area (Å²) in [6.45, 7) is 16.1. The van der Waals surface area contributed by atoms with Crippen LogP contribution in [-0.4, -0.2) is 18.0 Å². The Bertz CT molecular complexity index is 353. The zero-order valence-electron chi connectivity index (χ0n) is 21.9. The molecule has 1 atom stereocenters. The maximum absolute atomic E-state index is 6.71. The average Bonchev–Trinajstić information content (AvgIpc) is 2.64. The van der Waals surface area contributed by atoms with Gasteiger partial charge in [-0.05, 0) is 70.4 Å². The zero-order chi connectivity index (χ0) is 22.7. The topological polar surface area (TPSA) is 12.0 Å². The lowest BCUT2D eigenvalue weighted by Gasteiger charge is -2.29. The van der Waals surface area contributed by atoms with E-state index in [0.29, 0.717) is 11.3 Å². The molecule has 2 heteroatoms. The van der Waals surface area contributed by atoms with Gasteiger partial charge >= 0.3 is 0 Å². The van der Waals surface area contributed by atoms with E-state index in [1.807, 2.05) is 0 Å². The molecule has 0 aliphatic carbocycles. The molecule has 0 aromatic carbocycles. The third-order valence-corrected chi connectivity index (χ3v) is 6.87. The van der Waals surface area contributed by atoms with Gasteiger partial charge in [-0.2, -0.15) is 0 Å². The van der Waals surface area contributed by atoms with Crippen LogP contribution in [0, 0.1) is 11.3 Å². The number of hydrogen-bond acceptors (Lipinski definition) is 1. The van der Waals surface area contributed by atoms with Crippen molar-refractivity contribution in [3.63, 3.8) is 0 Å². The minimum absolute atomic E-state index is 0.0592. The summed E-state index contributed by atoms with van der Waals surface area (Å²) in [7, 11) is 0. The molecule has 0 rings (SSSR count). The molecule has 1 N–H and O–H groups in total. The third-order valence-electron chi connectivity index (χ3n) is 6.56. The molecule has 30 heavy (non-hydrogen) atoms. The summed E-state index contributed by atoms with van der Waals surface area (Å²) in [5.41, 5.74) is 0.513. The van der Waals surface area contributed by atoms with Crippen molar-refractivity contribution in [2.75, 3.05) is 13.1 Å². The molecule has 0 amide bonds. The van der Waals surface area contributed by atoms with Crippen LogP contribution in [0.5, 0.6) is 0 Å². The summed E-state index contributed by atoms with van der Waals surface area (Å²) in [6, 6.07) is 0. The molecule has 1 nitrogen and oxygen atoms in total. The Morgan fingerprint density at radius 1 is 0.600 bits per heavy atom. The van der Waals surface area contributed by atoms with Crippen molar-refractivity contribution in [1.29, 1.82) is 0 Å². The third kappa shape index (κ3) is 21.5. The summed E-state index contributed by atoms with van der Waals surface area (Å²) in [4.78, 5) is -0.0592. The van der Waals surface area contributed by atoms with Crippen LogP contribution in [0.25, 0.3) is 0 Å². The molecule has 0 aromatic heterocycles. The molecule has 182 valence electrons. The van der Waals surface area contributed by atoms with E-state index in [-0.39, 0.29) is 4.87 Å². The van der Waals surface area contributed by atoms with E-state index in [0.717, 1.165) is 6.54 Å². The second-order valence-electron chi connectivity index (χ2n) is 11.5. The van der Waals surface area contributed by atoms with Gasteiger partial charge in [-0.15, -0.1) is 11.6 Å². The van der Waals surface area contributed by atoms with Crippen molar-refractivity contribution >= 4 is 11.6 Å². The molecule has 0 saturated carbocycles. The summed E-state index contributed by atoms with van der Waals surface area (Å²) < 4.78 is 0. The van der Waals surface area contributed by atoms with E-state index < -0.39 is 0 Å². The van der Waals surface area contributed by atoms with Gasteiger partial charge in [0, 0.05) is 4.87 Å². The second-order valence-corrected chi connectivity index (χ2v) is 12.5. The maximum atomic E-state index is 6.71. The first-order chi connectivity index (χ1) is 14.2. The van der Waals surface area contributed by atoms with Crippen LogP contribution in [0.4, 0.5) is 0 Å². The summed E-state index contributed by atoms with van der Waals surface area (Å²) in [6.07, 6.45) is 23.3. The molecule has 0 fully saturated rings. The highest BCUT2D eigenvalue weighted by Crippen LogP contribution is 2.32. The average molecular weight is 444 g/mol. The van der Waals surface area contributed by atoms with E-state index in [2.05, 4.69) is 46.9 Å². The lowest BCUT2D eigenvalue weighted by atomic mass is 9.85.